The third-order valence-electron chi connectivity index (χ3n) is 6.69. The lowest BCUT2D eigenvalue weighted by molar-refractivity contribution is -0.386. The number of carbonyl (C=O) groups excluding carboxylic acids is 1. The number of hydrogen-bond acceptors (Lipinski definition) is 9. The van der Waals surface area contributed by atoms with Gasteiger partial charge >= 0.3 is 11.4 Å². The van der Waals surface area contributed by atoms with Crippen LogP contribution in [-0.4, -0.2) is 68.5 Å². The van der Waals surface area contributed by atoms with Crippen molar-refractivity contribution in [3.63, 3.8) is 0 Å². The first-order chi connectivity index (χ1) is 14.7. The van der Waals surface area contributed by atoms with Crippen molar-refractivity contribution < 1.29 is 24.9 Å². The van der Waals surface area contributed by atoms with E-state index in [0.717, 1.165) is 0 Å². The Labute approximate surface area is 175 Å². The molecule has 4 saturated heterocycles. The number of benzene rings is 2. The van der Waals surface area contributed by atoms with Crippen molar-refractivity contribution >= 4 is 17.2 Å². The van der Waals surface area contributed by atoms with E-state index >= 15 is 0 Å². The SMILES string of the molecule is O=C1C2(c3ccc(O)c([N+](=O)[O-])c3)C[N@]3CC1(c1ccc(O)c([N+](=O)[O-])c1)C[N@@](C2)C3. The molecule has 4 heterocycles. The molecule has 0 unspecified atom stereocenters. The zero-order chi connectivity index (χ0) is 22.1. The largest absolute Gasteiger partial charge is 0.502 e. The Hall–Kier alpha value is -3.57. The summed E-state index contributed by atoms with van der Waals surface area (Å²) in [7, 11) is 0. The van der Waals surface area contributed by atoms with E-state index in [9.17, 15) is 35.2 Å². The van der Waals surface area contributed by atoms with E-state index in [1.807, 2.05) is 0 Å². The van der Waals surface area contributed by atoms with Gasteiger partial charge in [-0.25, -0.2) is 0 Å². The Morgan fingerprint density at radius 2 is 1.16 bits per heavy atom. The van der Waals surface area contributed by atoms with Gasteiger partial charge in [-0.3, -0.25) is 34.8 Å². The molecule has 4 aliphatic heterocycles. The maximum absolute atomic E-state index is 14.0. The maximum Gasteiger partial charge on any atom is 0.311 e. The average Bonchev–Trinajstić information content (AvgIpc) is 2.71. The molecule has 4 aliphatic rings. The number of nitro groups is 2. The van der Waals surface area contributed by atoms with Crippen LogP contribution >= 0.6 is 0 Å². The van der Waals surface area contributed by atoms with Crippen molar-refractivity contribution in [2.24, 2.45) is 0 Å². The van der Waals surface area contributed by atoms with Crippen molar-refractivity contribution in [1.29, 1.82) is 0 Å². The molecular formula is C20H18N4O7. The van der Waals surface area contributed by atoms with Gasteiger partial charge in [-0.05, 0) is 23.3 Å². The highest BCUT2D eigenvalue weighted by atomic mass is 16.6. The van der Waals surface area contributed by atoms with Crippen LogP contribution < -0.4 is 0 Å². The number of nitrogens with zero attached hydrogens (tertiary/aromatic N) is 4. The molecular weight excluding hydrogens is 408 g/mol. The summed E-state index contributed by atoms with van der Waals surface area (Å²) in [5.74, 6) is -1.11. The van der Waals surface area contributed by atoms with Crippen LogP contribution in [0, 0.1) is 20.2 Å². The van der Waals surface area contributed by atoms with E-state index < -0.39 is 43.6 Å². The second-order valence-corrected chi connectivity index (χ2v) is 8.53. The number of phenolic OH excluding ortho intramolecular Hbond substituents is 2. The van der Waals surface area contributed by atoms with E-state index in [2.05, 4.69) is 9.80 Å². The van der Waals surface area contributed by atoms with Gasteiger partial charge in [0.2, 0.25) is 0 Å². The Kier molecular flexibility index (Phi) is 3.89. The molecule has 11 nitrogen and oxygen atoms in total. The predicted octanol–water partition coefficient (Wildman–Crippen LogP) is 1.26. The summed E-state index contributed by atoms with van der Waals surface area (Å²) in [6, 6.07) is 8.00. The summed E-state index contributed by atoms with van der Waals surface area (Å²) >= 11 is 0. The smallest absolute Gasteiger partial charge is 0.311 e. The minimum absolute atomic E-state index is 0.160. The van der Waals surface area contributed by atoms with Crippen LogP contribution in [0.5, 0.6) is 11.5 Å². The summed E-state index contributed by atoms with van der Waals surface area (Å²) in [4.78, 5) is 39.5. The van der Waals surface area contributed by atoms with Gasteiger partial charge in [-0.2, -0.15) is 0 Å². The number of ketones is 1. The fourth-order valence-corrected chi connectivity index (χ4v) is 5.53. The maximum atomic E-state index is 14.0. The van der Waals surface area contributed by atoms with Crippen LogP contribution in [0.15, 0.2) is 36.4 Å². The van der Waals surface area contributed by atoms with Gasteiger partial charge in [0.1, 0.15) is 0 Å². The first kappa shape index (κ1) is 19.4. The van der Waals surface area contributed by atoms with E-state index in [-0.39, 0.29) is 5.78 Å². The first-order valence-corrected chi connectivity index (χ1v) is 9.62. The second-order valence-electron chi connectivity index (χ2n) is 8.53. The minimum atomic E-state index is -1.07. The number of Topliss-reactive ketones (excluding diaryl/α,β-unsaturated/α-hetero) is 1. The van der Waals surface area contributed by atoms with Gasteiger partial charge in [0.15, 0.2) is 17.3 Å². The molecule has 31 heavy (non-hydrogen) atoms. The number of nitro benzene ring substituents is 2. The summed E-state index contributed by atoms with van der Waals surface area (Å²) < 4.78 is 0. The Morgan fingerprint density at radius 3 is 1.52 bits per heavy atom. The average molecular weight is 426 g/mol. The van der Waals surface area contributed by atoms with E-state index in [1.165, 1.54) is 36.4 Å². The predicted molar refractivity (Wildman–Crippen MR) is 106 cm³/mol. The van der Waals surface area contributed by atoms with Crippen LogP contribution in [0.1, 0.15) is 11.1 Å². The van der Waals surface area contributed by atoms with Gasteiger partial charge < -0.3 is 10.2 Å². The Bertz CT molecular complexity index is 1060. The summed E-state index contributed by atoms with van der Waals surface area (Å²) in [5, 5.41) is 42.4. The highest BCUT2D eigenvalue weighted by Gasteiger charge is 2.64. The molecule has 11 heteroatoms. The molecule has 0 amide bonds. The lowest BCUT2D eigenvalue weighted by Crippen LogP contribution is -2.79. The zero-order valence-corrected chi connectivity index (χ0v) is 16.2. The second kappa shape index (κ2) is 6.22. The highest BCUT2D eigenvalue weighted by molar-refractivity contribution is 6.02. The molecule has 4 fully saturated rings. The third kappa shape index (κ3) is 2.56. The highest BCUT2D eigenvalue weighted by Crippen LogP contribution is 2.50. The fourth-order valence-electron chi connectivity index (χ4n) is 5.53. The fraction of sp³-hybridized carbons (Fsp3) is 0.350. The first-order valence-electron chi connectivity index (χ1n) is 9.62. The van der Waals surface area contributed by atoms with E-state index in [0.29, 0.717) is 44.0 Å². The molecule has 2 aromatic carbocycles. The van der Waals surface area contributed by atoms with Gasteiger partial charge in [-0.1, -0.05) is 12.1 Å². The van der Waals surface area contributed by atoms with E-state index in [1.54, 1.807) is 0 Å². The molecule has 2 N–H and O–H groups in total. The molecule has 0 aromatic heterocycles. The van der Waals surface area contributed by atoms with Crippen molar-refractivity contribution in [3.8, 4) is 11.5 Å². The van der Waals surface area contributed by atoms with Crippen LogP contribution in [0.4, 0.5) is 11.4 Å². The molecule has 0 radical (unpaired) electrons. The third-order valence-corrected chi connectivity index (χ3v) is 6.69. The van der Waals surface area contributed by atoms with Crippen molar-refractivity contribution in [1.82, 2.24) is 9.80 Å². The molecule has 0 saturated carbocycles. The Balaban J connectivity index is 1.68. The number of phenols is 2. The van der Waals surface area contributed by atoms with Gasteiger partial charge in [0.05, 0.1) is 27.3 Å². The lowest BCUT2D eigenvalue weighted by atomic mass is 9.56. The number of aromatic hydroxyl groups is 2. The zero-order valence-electron chi connectivity index (χ0n) is 16.2. The van der Waals surface area contributed by atoms with Gasteiger partial charge in [0, 0.05) is 38.3 Å². The standard InChI is InChI=1S/C20H18N4O7/c25-16-3-1-12(5-14(16)23(28)29)19-7-21-9-20(18(19)27,10-22(8-19)11-21)13-2-4-17(26)15(6-13)24(30)31/h1-6,25-26H,7-11H2. The topological polar surface area (TPSA) is 150 Å². The number of hydrogen-bond donors (Lipinski definition) is 2. The lowest BCUT2D eigenvalue weighted by Gasteiger charge is -2.63. The molecule has 0 aliphatic carbocycles. The van der Waals surface area contributed by atoms with Crippen molar-refractivity contribution in [2.75, 3.05) is 32.8 Å². The monoisotopic (exact) mass is 426 g/mol. The minimum Gasteiger partial charge on any atom is -0.502 e. The molecule has 2 aromatic rings. The summed E-state index contributed by atoms with van der Waals surface area (Å²) in [6.07, 6.45) is 0. The molecule has 6 rings (SSSR count). The van der Waals surface area contributed by atoms with Crippen LogP contribution in [0.2, 0.25) is 0 Å². The summed E-state index contributed by atoms with van der Waals surface area (Å²) in [5.41, 5.74) is -2.21. The van der Waals surface area contributed by atoms with Crippen LogP contribution in [0.25, 0.3) is 0 Å². The van der Waals surface area contributed by atoms with Crippen LogP contribution in [0.3, 0.4) is 0 Å². The van der Waals surface area contributed by atoms with Gasteiger partial charge in [-0.15, -0.1) is 0 Å². The van der Waals surface area contributed by atoms with Crippen LogP contribution in [-0.2, 0) is 15.6 Å². The van der Waals surface area contributed by atoms with Crippen molar-refractivity contribution in [2.45, 2.75) is 10.8 Å². The number of piperidine rings is 2. The number of carbonyl (C=O) groups is 1. The molecule has 0 spiro atoms. The number of rotatable bonds is 4. The van der Waals surface area contributed by atoms with Crippen molar-refractivity contribution in [3.05, 3.63) is 67.8 Å². The normalized spacial score (nSPS) is 31.0. The Morgan fingerprint density at radius 1 is 0.774 bits per heavy atom. The molecule has 4 bridgehead atoms. The van der Waals surface area contributed by atoms with Gasteiger partial charge in [0.25, 0.3) is 0 Å². The molecule has 0 atom stereocenters. The summed E-state index contributed by atoms with van der Waals surface area (Å²) in [6.45, 7) is 2.09. The quantitative estimate of drug-likeness (QED) is 0.544. The molecule has 160 valence electrons. The van der Waals surface area contributed by atoms with E-state index in [4.69, 9.17) is 0 Å².